The minimum Gasteiger partial charge on any atom is -0.316 e. The highest BCUT2D eigenvalue weighted by Crippen LogP contribution is 2.42. The monoisotopic (exact) mass is 306 g/mol. The molecule has 2 heterocycles. The number of hydrogen-bond acceptors (Lipinski definition) is 2. The third kappa shape index (κ3) is 1.68. The van der Waals surface area contributed by atoms with E-state index in [0.717, 1.165) is 11.8 Å². The third-order valence-electron chi connectivity index (χ3n) is 5.04. The maximum atomic E-state index is 3.70. The van der Waals surface area contributed by atoms with Crippen molar-refractivity contribution in [3.63, 3.8) is 0 Å². The summed E-state index contributed by atoms with van der Waals surface area (Å²) in [5.41, 5.74) is 3.13. The Morgan fingerprint density at radius 2 is 1.94 bits per heavy atom. The molecule has 1 aromatic rings. The van der Waals surface area contributed by atoms with Gasteiger partial charge in [-0.3, -0.25) is 4.90 Å². The Kier molecular flexibility index (Phi) is 2.75. The molecule has 0 amide bonds. The fourth-order valence-electron chi connectivity index (χ4n) is 4.11. The molecule has 1 unspecified atom stereocenters. The molecule has 18 heavy (non-hydrogen) atoms. The second-order valence-corrected chi connectivity index (χ2v) is 6.85. The van der Waals surface area contributed by atoms with E-state index >= 15 is 0 Å². The first kappa shape index (κ1) is 11.4. The summed E-state index contributed by atoms with van der Waals surface area (Å²) in [6, 6.07) is 7.40. The zero-order valence-electron chi connectivity index (χ0n) is 10.5. The SMILES string of the molecule is Brc1cccc2c1CCC2N1C[C@H]2CNC[C@H]2C1. The minimum atomic E-state index is 0.683. The van der Waals surface area contributed by atoms with Crippen LogP contribution in [0, 0.1) is 11.8 Å². The predicted molar refractivity (Wildman–Crippen MR) is 76.6 cm³/mol. The average Bonchev–Trinajstić information content (AvgIpc) is 3.00. The van der Waals surface area contributed by atoms with Crippen LogP contribution in [0.3, 0.4) is 0 Å². The van der Waals surface area contributed by atoms with Crippen LogP contribution < -0.4 is 5.32 Å². The number of nitrogens with zero attached hydrogens (tertiary/aromatic N) is 1. The van der Waals surface area contributed by atoms with Crippen LogP contribution in [-0.4, -0.2) is 31.1 Å². The third-order valence-corrected chi connectivity index (χ3v) is 5.78. The van der Waals surface area contributed by atoms with Gasteiger partial charge in [0.1, 0.15) is 0 Å². The van der Waals surface area contributed by atoms with Crippen molar-refractivity contribution in [2.75, 3.05) is 26.2 Å². The Morgan fingerprint density at radius 1 is 1.17 bits per heavy atom. The molecule has 3 aliphatic rings. The molecule has 1 aromatic carbocycles. The molecule has 0 spiro atoms. The largest absolute Gasteiger partial charge is 0.316 e. The average molecular weight is 307 g/mol. The van der Waals surface area contributed by atoms with E-state index in [2.05, 4.69) is 44.3 Å². The number of rotatable bonds is 1. The molecule has 3 heteroatoms. The van der Waals surface area contributed by atoms with Gasteiger partial charge in [0.25, 0.3) is 0 Å². The van der Waals surface area contributed by atoms with Crippen molar-refractivity contribution in [3.05, 3.63) is 33.8 Å². The van der Waals surface area contributed by atoms with Crippen LogP contribution in [0.2, 0.25) is 0 Å². The molecule has 96 valence electrons. The van der Waals surface area contributed by atoms with Gasteiger partial charge in [-0.1, -0.05) is 28.1 Å². The lowest BCUT2D eigenvalue weighted by Crippen LogP contribution is -2.28. The van der Waals surface area contributed by atoms with E-state index in [1.165, 1.54) is 43.5 Å². The van der Waals surface area contributed by atoms with Gasteiger partial charge in [0, 0.05) is 23.6 Å². The normalized spacial score (nSPS) is 34.8. The van der Waals surface area contributed by atoms with E-state index in [0.29, 0.717) is 6.04 Å². The second-order valence-electron chi connectivity index (χ2n) is 5.99. The molecule has 2 fully saturated rings. The topological polar surface area (TPSA) is 15.3 Å². The van der Waals surface area contributed by atoms with E-state index in [1.54, 1.807) is 11.1 Å². The molecule has 2 nitrogen and oxygen atoms in total. The van der Waals surface area contributed by atoms with Gasteiger partial charge in [-0.25, -0.2) is 0 Å². The van der Waals surface area contributed by atoms with E-state index in [-0.39, 0.29) is 0 Å². The zero-order valence-corrected chi connectivity index (χ0v) is 12.1. The second kappa shape index (κ2) is 4.32. The van der Waals surface area contributed by atoms with E-state index in [1.807, 2.05) is 0 Å². The molecule has 2 saturated heterocycles. The smallest absolute Gasteiger partial charge is 0.0354 e. The van der Waals surface area contributed by atoms with E-state index in [4.69, 9.17) is 0 Å². The molecular weight excluding hydrogens is 288 g/mol. The van der Waals surface area contributed by atoms with Gasteiger partial charge in [-0.05, 0) is 55.0 Å². The predicted octanol–water partition coefficient (Wildman–Crippen LogP) is 2.59. The highest BCUT2D eigenvalue weighted by Gasteiger charge is 2.40. The van der Waals surface area contributed by atoms with Gasteiger partial charge in [-0.2, -0.15) is 0 Å². The van der Waals surface area contributed by atoms with Crippen molar-refractivity contribution < 1.29 is 0 Å². The maximum Gasteiger partial charge on any atom is 0.0354 e. The molecule has 1 aliphatic carbocycles. The summed E-state index contributed by atoms with van der Waals surface area (Å²) in [6.45, 7) is 5.07. The Labute approximate surface area is 117 Å². The van der Waals surface area contributed by atoms with Crippen molar-refractivity contribution >= 4 is 15.9 Å². The van der Waals surface area contributed by atoms with Crippen molar-refractivity contribution in [2.45, 2.75) is 18.9 Å². The summed E-state index contributed by atoms with van der Waals surface area (Å²) in [6.07, 6.45) is 2.55. The van der Waals surface area contributed by atoms with Gasteiger partial charge in [-0.15, -0.1) is 0 Å². The molecule has 1 N–H and O–H groups in total. The fraction of sp³-hybridized carbons (Fsp3) is 0.600. The lowest BCUT2D eigenvalue weighted by atomic mass is 10.0. The van der Waals surface area contributed by atoms with Crippen LogP contribution in [0.4, 0.5) is 0 Å². The highest BCUT2D eigenvalue weighted by atomic mass is 79.9. The summed E-state index contributed by atoms with van der Waals surface area (Å²) in [5.74, 6) is 1.81. The van der Waals surface area contributed by atoms with Gasteiger partial charge in [0.05, 0.1) is 0 Å². The quantitative estimate of drug-likeness (QED) is 0.858. The van der Waals surface area contributed by atoms with Gasteiger partial charge < -0.3 is 5.32 Å². The van der Waals surface area contributed by atoms with Crippen LogP contribution in [0.25, 0.3) is 0 Å². The summed E-state index contributed by atoms with van der Waals surface area (Å²) in [7, 11) is 0. The zero-order chi connectivity index (χ0) is 12.1. The number of benzene rings is 1. The van der Waals surface area contributed by atoms with E-state index < -0.39 is 0 Å². The Balaban J connectivity index is 1.60. The first-order valence-corrected chi connectivity index (χ1v) is 7.84. The first-order valence-electron chi connectivity index (χ1n) is 7.05. The maximum absolute atomic E-state index is 3.70. The van der Waals surface area contributed by atoms with Crippen molar-refractivity contribution in [1.29, 1.82) is 0 Å². The van der Waals surface area contributed by atoms with Crippen LogP contribution in [0.15, 0.2) is 22.7 Å². The fourth-order valence-corrected chi connectivity index (χ4v) is 4.69. The molecule has 0 bridgehead atoms. The van der Waals surface area contributed by atoms with Crippen molar-refractivity contribution in [1.82, 2.24) is 10.2 Å². The number of likely N-dealkylation sites (tertiary alicyclic amines) is 1. The summed E-state index contributed by atoms with van der Waals surface area (Å²) in [4.78, 5) is 2.74. The molecular formula is C15H19BrN2. The van der Waals surface area contributed by atoms with Crippen molar-refractivity contribution in [3.8, 4) is 0 Å². The summed E-state index contributed by atoms with van der Waals surface area (Å²) < 4.78 is 1.31. The molecule has 2 aliphatic heterocycles. The van der Waals surface area contributed by atoms with Crippen molar-refractivity contribution in [2.24, 2.45) is 11.8 Å². The Bertz CT molecular complexity index is 462. The number of hydrogen-bond donors (Lipinski definition) is 1. The lowest BCUT2D eigenvalue weighted by molar-refractivity contribution is 0.228. The minimum absolute atomic E-state index is 0.683. The van der Waals surface area contributed by atoms with Crippen LogP contribution >= 0.6 is 15.9 Å². The number of nitrogens with one attached hydrogen (secondary N) is 1. The standard InChI is InChI=1S/C15H19BrN2/c16-14-3-1-2-13-12(14)4-5-15(13)18-8-10-6-17-7-11(10)9-18/h1-3,10-11,15,17H,4-9H2/t10-,11+,15?. The number of fused-ring (bicyclic) bond motifs is 2. The Hall–Kier alpha value is -0.380. The Morgan fingerprint density at radius 3 is 2.72 bits per heavy atom. The number of halogens is 1. The molecule has 4 rings (SSSR count). The van der Waals surface area contributed by atoms with Gasteiger partial charge in [0.2, 0.25) is 0 Å². The van der Waals surface area contributed by atoms with Crippen LogP contribution in [0.5, 0.6) is 0 Å². The summed E-state index contributed by atoms with van der Waals surface area (Å²) in [5, 5.41) is 3.53. The molecule has 0 radical (unpaired) electrons. The molecule has 0 saturated carbocycles. The van der Waals surface area contributed by atoms with Gasteiger partial charge in [0.15, 0.2) is 0 Å². The van der Waals surface area contributed by atoms with Gasteiger partial charge >= 0.3 is 0 Å². The first-order chi connectivity index (χ1) is 8.83. The van der Waals surface area contributed by atoms with Crippen LogP contribution in [0.1, 0.15) is 23.6 Å². The molecule has 3 atom stereocenters. The highest BCUT2D eigenvalue weighted by molar-refractivity contribution is 9.10. The van der Waals surface area contributed by atoms with Crippen LogP contribution in [-0.2, 0) is 6.42 Å². The van der Waals surface area contributed by atoms with E-state index in [9.17, 15) is 0 Å². The lowest BCUT2D eigenvalue weighted by Gasteiger charge is -2.25. The molecule has 0 aromatic heterocycles. The summed E-state index contributed by atoms with van der Waals surface area (Å²) >= 11 is 3.70.